The van der Waals surface area contributed by atoms with E-state index in [0.717, 1.165) is 18.4 Å². The highest BCUT2D eigenvalue weighted by molar-refractivity contribution is 6.42. The summed E-state index contributed by atoms with van der Waals surface area (Å²) in [5, 5.41) is 0.889. The van der Waals surface area contributed by atoms with Crippen molar-refractivity contribution < 1.29 is 4.79 Å². The van der Waals surface area contributed by atoms with Crippen LogP contribution in [-0.2, 0) is 0 Å². The number of halogens is 2. The highest BCUT2D eigenvalue weighted by atomic mass is 35.5. The van der Waals surface area contributed by atoms with Gasteiger partial charge in [0.2, 0.25) is 0 Å². The zero-order valence-corrected chi connectivity index (χ0v) is 10.9. The first-order valence-electron chi connectivity index (χ1n) is 5.70. The predicted octanol–water partition coefficient (Wildman–Crippen LogP) is 2.99. The van der Waals surface area contributed by atoms with Crippen LogP contribution in [0.15, 0.2) is 23.2 Å². The molecule has 1 aliphatic carbocycles. The van der Waals surface area contributed by atoms with Crippen molar-refractivity contribution in [2.75, 3.05) is 0 Å². The Balaban J connectivity index is 2.06. The summed E-state index contributed by atoms with van der Waals surface area (Å²) in [6.07, 6.45) is 1.98. The van der Waals surface area contributed by atoms with E-state index in [1.165, 1.54) is 0 Å². The van der Waals surface area contributed by atoms with Crippen LogP contribution in [0.2, 0.25) is 10.0 Å². The minimum absolute atomic E-state index is 0.224. The number of nitrogens with two attached hydrogens (primary N) is 1. The number of nitrogens with zero attached hydrogens (tertiary/aromatic N) is 2. The monoisotopic (exact) mass is 283 g/mol. The van der Waals surface area contributed by atoms with Crippen LogP contribution in [0.4, 0.5) is 4.79 Å². The number of hydrogen-bond donors (Lipinski definition) is 1. The first-order valence-corrected chi connectivity index (χ1v) is 6.45. The van der Waals surface area contributed by atoms with E-state index in [-0.39, 0.29) is 24.0 Å². The van der Waals surface area contributed by atoms with Crippen LogP contribution < -0.4 is 5.73 Å². The molecule has 1 unspecified atom stereocenters. The molecular formula is C12H11Cl2N3O. The molecule has 2 N–H and O–H groups in total. The van der Waals surface area contributed by atoms with Crippen molar-refractivity contribution in [1.82, 2.24) is 4.90 Å². The van der Waals surface area contributed by atoms with E-state index in [0.29, 0.717) is 10.0 Å². The summed E-state index contributed by atoms with van der Waals surface area (Å²) in [6, 6.07) is 4.90. The molecule has 2 amide bonds. The molecule has 0 spiro atoms. The Hall–Kier alpha value is -1.26. The van der Waals surface area contributed by atoms with E-state index in [1.54, 1.807) is 17.0 Å². The molecule has 6 heteroatoms. The summed E-state index contributed by atoms with van der Waals surface area (Å²) >= 11 is 12.2. The van der Waals surface area contributed by atoms with Gasteiger partial charge in [-0.15, -0.1) is 0 Å². The van der Waals surface area contributed by atoms with Crippen LogP contribution in [0.25, 0.3) is 0 Å². The molecule has 1 fully saturated rings. The SMILES string of the molecule is NC1=NC(=O)N(C2CC2)C1c1cccc(Cl)c1Cl. The molecule has 0 aromatic heterocycles. The second kappa shape index (κ2) is 4.14. The molecule has 1 saturated carbocycles. The average molecular weight is 284 g/mol. The van der Waals surface area contributed by atoms with E-state index >= 15 is 0 Å². The summed E-state index contributed by atoms with van der Waals surface area (Å²) in [5.41, 5.74) is 6.60. The van der Waals surface area contributed by atoms with Crippen LogP contribution in [0.1, 0.15) is 24.4 Å². The van der Waals surface area contributed by atoms with Crippen LogP contribution in [0, 0.1) is 0 Å². The van der Waals surface area contributed by atoms with Gasteiger partial charge in [0, 0.05) is 11.6 Å². The summed E-state index contributed by atoms with van der Waals surface area (Å²) < 4.78 is 0. The number of urea groups is 1. The highest BCUT2D eigenvalue weighted by Gasteiger charge is 2.44. The molecule has 1 heterocycles. The molecular weight excluding hydrogens is 273 g/mol. The smallest absolute Gasteiger partial charge is 0.346 e. The molecule has 18 heavy (non-hydrogen) atoms. The maximum Gasteiger partial charge on any atom is 0.346 e. The first kappa shape index (κ1) is 11.8. The lowest BCUT2D eigenvalue weighted by atomic mass is 10.1. The number of rotatable bonds is 2. The van der Waals surface area contributed by atoms with E-state index in [4.69, 9.17) is 28.9 Å². The fourth-order valence-electron chi connectivity index (χ4n) is 2.24. The van der Waals surface area contributed by atoms with E-state index in [2.05, 4.69) is 4.99 Å². The van der Waals surface area contributed by atoms with Crippen LogP contribution in [0.5, 0.6) is 0 Å². The molecule has 0 saturated heterocycles. The van der Waals surface area contributed by atoms with Crippen molar-refractivity contribution in [3.05, 3.63) is 33.8 Å². The number of aliphatic imine (C=N–C) groups is 1. The molecule has 1 aliphatic heterocycles. The third-order valence-electron chi connectivity index (χ3n) is 3.22. The van der Waals surface area contributed by atoms with Gasteiger partial charge in [-0.25, -0.2) is 4.79 Å². The van der Waals surface area contributed by atoms with E-state index in [1.807, 2.05) is 6.07 Å². The Morgan fingerprint density at radius 3 is 2.72 bits per heavy atom. The standard InChI is InChI=1S/C12H11Cl2N3O/c13-8-3-1-2-7(9(8)14)10-11(15)16-12(18)17(10)6-4-5-6/h1-3,6,10H,4-5H2,(H2,15,16,18). The van der Waals surface area contributed by atoms with Gasteiger partial charge in [0.25, 0.3) is 0 Å². The largest absolute Gasteiger partial charge is 0.385 e. The van der Waals surface area contributed by atoms with Gasteiger partial charge < -0.3 is 10.6 Å². The van der Waals surface area contributed by atoms with Gasteiger partial charge in [-0.1, -0.05) is 35.3 Å². The predicted molar refractivity (Wildman–Crippen MR) is 71.1 cm³/mol. The van der Waals surface area contributed by atoms with Crippen molar-refractivity contribution in [2.24, 2.45) is 10.7 Å². The van der Waals surface area contributed by atoms with Gasteiger partial charge in [0.1, 0.15) is 11.9 Å². The van der Waals surface area contributed by atoms with E-state index < -0.39 is 0 Å². The lowest BCUT2D eigenvalue weighted by Gasteiger charge is -2.25. The summed E-state index contributed by atoms with van der Waals surface area (Å²) in [7, 11) is 0. The molecule has 1 aromatic carbocycles. The molecule has 3 rings (SSSR count). The minimum atomic E-state index is -0.379. The number of carbonyl (C=O) groups excluding carboxylic acids is 1. The number of amides is 2. The first-order chi connectivity index (χ1) is 8.59. The van der Waals surface area contributed by atoms with Crippen molar-refractivity contribution in [2.45, 2.75) is 24.9 Å². The molecule has 4 nitrogen and oxygen atoms in total. The minimum Gasteiger partial charge on any atom is -0.385 e. The highest BCUT2D eigenvalue weighted by Crippen LogP contribution is 2.41. The number of amidine groups is 1. The quantitative estimate of drug-likeness (QED) is 0.907. The average Bonchev–Trinajstić information content (AvgIpc) is 3.09. The second-order valence-electron chi connectivity index (χ2n) is 4.50. The Kier molecular flexibility index (Phi) is 2.72. The molecule has 1 aromatic rings. The van der Waals surface area contributed by atoms with E-state index in [9.17, 15) is 4.79 Å². The lowest BCUT2D eigenvalue weighted by molar-refractivity contribution is 0.203. The molecule has 0 bridgehead atoms. The second-order valence-corrected chi connectivity index (χ2v) is 5.29. The maximum atomic E-state index is 11.8. The molecule has 94 valence electrons. The van der Waals surface area contributed by atoms with Crippen LogP contribution in [0.3, 0.4) is 0 Å². The Morgan fingerprint density at radius 2 is 2.06 bits per heavy atom. The van der Waals surface area contributed by atoms with Crippen LogP contribution in [-0.4, -0.2) is 22.8 Å². The summed E-state index contributed by atoms with van der Waals surface area (Å²) in [5.74, 6) is 0.288. The van der Waals surface area contributed by atoms with Gasteiger partial charge >= 0.3 is 6.03 Å². The maximum absolute atomic E-state index is 11.8. The van der Waals surface area contributed by atoms with Crippen molar-refractivity contribution in [3.8, 4) is 0 Å². The summed E-state index contributed by atoms with van der Waals surface area (Å²) in [6.45, 7) is 0. The van der Waals surface area contributed by atoms with Crippen molar-refractivity contribution in [3.63, 3.8) is 0 Å². The zero-order valence-electron chi connectivity index (χ0n) is 9.44. The van der Waals surface area contributed by atoms with Gasteiger partial charge in [0.15, 0.2) is 0 Å². The Labute approximate surface area is 114 Å². The Bertz CT molecular complexity index is 554. The third kappa shape index (κ3) is 1.76. The number of hydrogen-bond acceptors (Lipinski definition) is 2. The molecule has 0 radical (unpaired) electrons. The normalized spacial score (nSPS) is 23.4. The van der Waals surface area contributed by atoms with Crippen molar-refractivity contribution >= 4 is 35.1 Å². The summed E-state index contributed by atoms with van der Waals surface area (Å²) in [4.78, 5) is 17.4. The topological polar surface area (TPSA) is 58.7 Å². The molecule has 2 aliphatic rings. The van der Waals surface area contributed by atoms with Gasteiger partial charge in [0.05, 0.1) is 10.0 Å². The van der Waals surface area contributed by atoms with Gasteiger partial charge in [-0.3, -0.25) is 0 Å². The van der Waals surface area contributed by atoms with Crippen LogP contribution >= 0.6 is 23.2 Å². The number of benzene rings is 1. The number of carbonyl (C=O) groups is 1. The van der Waals surface area contributed by atoms with Gasteiger partial charge in [-0.2, -0.15) is 4.99 Å². The zero-order chi connectivity index (χ0) is 12.9. The lowest BCUT2D eigenvalue weighted by Crippen LogP contribution is -2.35. The Morgan fingerprint density at radius 1 is 1.33 bits per heavy atom. The van der Waals surface area contributed by atoms with Gasteiger partial charge in [-0.05, 0) is 18.9 Å². The van der Waals surface area contributed by atoms with Crippen molar-refractivity contribution in [1.29, 1.82) is 0 Å². The fraction of sp³-hybridized carbons (Fsp3) is 0.333. The third-order valence-corrected chi connectivity index (χ3v) is 4.05. The fourth-order valence-corrected chi connectivity index (χ4v) is 2.65. The molecule has 1 atom stereocenters.